The van der Waals surface area contributed by atoms with Gasteiger partial charge in [0.05, 0.1) is 17.2 Å². The summed E-state index contributed by atoms with van der Waals surface area (Å²) in [4.78, 5) is 22.3. The van der Waals surface area contributed by atoms with Gasteiger partial charge in [-0.25, -0.2) is 4.98 Å². The van der Waals surface area contributed by atoms with Crippen molar-refractivity contribution in [1.29, 1.82) is 0 Å². The molecule has 1 aromatic carbocycles. The zero-order valence-corrected chi connectivity index (χ0v) is 19.4. The Hall–Kier alpha value is -2.51. The number of hydrogen-bond donors (Lipinski definition) is 0. The molecule has 0 aliphatic carbocycles. The van der Waals surface area contributed by atoms with E-state index in [4.69, 9.17) is 4.98 Å². The average molecular weight is 438 g/mol. The van der Waals surface area contributed by atoms with Crippen LogP contribution in [0, 0.1) is 0 Å². The third-order valence-electron chi connectivity index (χ3n) is 5.56. The van der Waals surface area contributed by atoms with E-state index in [0.717, 1.165) is 56.0 Å². The topological polar surface area (TPSA) is 54.3 Å². The van der Waals surface area contributed by atoms with Crippen molar-refractivity contribution in [3.63, 3.8) is 0 Å². The summed E-state index contributed by atoms with van der Waals surface area (Å²) in [6.07, 6.45) is 4.70. The van der Waals surface area contributed by atoms with Gasteiger partial charge in [-0.2, -0.15) is 5.10 Å². The number of thiazole rings is 1. The predicted octanol–water partition coefficient (Wildman–Crippen LogP) is 4.03. The van der Waals surface area contributed by atoms with Crippen LogP contribution < -0.4 is 0 Å². The Balaban J connectivity index is 1.32. The summed E-state index contributed by atoms with van der Waals surface area (Å²) < 4.78 is 1.88. The SMILES string of the molecule is CC(C)(C)c1nc(CN2CCCN(C(=O)c3ccc(Cn4cccn4)cc3)CC2)cs1. The predicted molar refractivity (Wildman–Crippen MR) is 124 cm³/mol. The minimum atomic E-state index is 0.0961. The minimum Gasteiger partial charge on any atom is -0.337 e. The van der Waals surface area contributed by atoms with Gasteiger partial charge in [0.1, 0.15) is 0 Å². The maximum absolute atomic E-state index is 13.0. The van der Waals surface area contributed by atoms with Crippen molar-refractivity contribution in [2.45, 2.75) is 45.7 Å². The van der Waals surface area contributed by atoms with Crippen molar-refractivity contribution in [2.24, 2.45) is 0 Å². The third kappa shape index (κ3) is 5.60. The molecule has 0 bridgehead atoms. The standard InChI is InChI=1S/C24H31N5OS/c1-24(2,3)23-26-21(18-31-23)17-27-11-5-12-28(15-14-27)22(30)20-8-6-19(7-9-20)16-29-13-4-10-25-29/h4,6-10,13,18H,5,11-12,14-17H2,1-3H3. The van der Waals surface area contributed by atoms with E-state index in [9.17, 15) is 4.79 Å². The van der Waals surface area contributed by atoms with Crippen LogP contribution in [0.15, 0.2) is 48.1 Å². The van der Waals surface area contributed by atoms with Gasteiger partial charge < -0.3 is 4.90 Å². The summed E-state index contributed by atoms with van der Waals surface area (Å²) in [5.74, 6) is 0.121. The Bertz CT molecular complexity index is 988. The smallest absolute Gasteiger partial charge is 0.253 e. The maximum atomic E-state index is 13.0. The molecular weight excluding hydrogens is 406 g/mol. The molecule has 7 heteroatoms. The first kappa shape index (κ1) is 21.7. The van der Waals surface area contributed by atoms with Gasteiger partial charge in [0.2, 0.25) is 0 Å². The highest BCUT2D eigenvalue weighted by Crippen LogP contribution is 2.26. The fourth-order valence-electron chi connectivity index (χ4n) is 3.80. The highest BCUT2D eigenvalue weighted by atomic mass is 32.1. The number of rotatable bonds is 5. The summed E-state index contributed by atoms with van der Waals surface area (Å²) in [6.45, 7) is 11.6. The van der Waals surface area contributed by atoms with Crippen molar-refractivity contribution in [3.05, 3.63) is 69.9 Å². The molecule has 6 nitrogen and oxygen atoms in total. The van der Waals surface area contributed by atoms with Crippen LogP contribution in [0.5, 0.6) is 0 Å². The lowest BCUT2D eigenvalue weighted by atomic mass is 9.98. The molecule has 2 aromatic heterocycles. The van der Waals surface area contributed by atoms with Crippen molar-refractivity contribution in [3.8, 4) is 0 Å². The lowest BCUT2D eigenvalue weighted by molar-refractivity contribution is 0.0761. The van der Waals surface area contributed by atoms with E-state index in [-0.39, 0.29) is 11.3 Å². The van der Waals surface area contributed by atoms with Gasteiger partial charge in [-0.15, -0.1) is 11.3 Å². The number of hydrogen-bond acceptors (Lipinski definition) is 5. The minimum absolute atomic E-state index is 0.0961. The van der Waals surface area contributed by atoms with Gasteiger partial charge in [-0.1, -0.05) is 32.9 Å². The lowest BCUT2D eigenvalue weighted by Gasteiger charge is -2.22. The maximum Gasteiger partial charge on any atom is 0.253 e. The molecule has 0 radical (unpaired) electrons. The van der Waals surface area contributed by atoms with Gasteiger partial charge in [-0.05, 0) is 30.2 Å². The Morgan fingerprint density at radius 1 is 1.06 bits per heavy atom. The van der Waals surface area contributed by atoms with Gasteiger partial charge in [0.25, 0.3) is 5.91 Å². The first-order chi connectivity index (χ1) is 14.9. The van der Waals surface area contributed by atoms with E-state index >= 15 is 0 Å². The molecule has 0 unspecified atom stereocenters. The number of amides is 1. The first-order valence-electron chi connectivity index (χ1n) is 10.9. The molecule has 0 N–H and O–H groups in total. The van der Waals surface area contributed by atoms with Crippen LogP contribution in [-0.2, 0) is 18.5 Å². The van der Waals surface area contributed by atoms with Crippen molar-refractivity contribution < 1.29 is 4.79 Å². The zero-order chi connectivity index (χ0) is 21.8. The second kappa shape index (κ2) is 9.32. The molecule has 0 saturated carbocycles. The Kier molecular flexibility index (Phi) is 6.53. The molecule has 1 fully saturated rings. The number of benzene rings is 1. The summed E-state index contributed by atoms with van der Waals surface area (Å²) in [5.41, 5.74) is 3.13. The second-order valence-corrected chi connectivity index (χ2v) is 10.1. The highest BCUT2D eigenvalue weighted by molar-refractivity contribution is 7.09. The molecule has 4 rings (SSSR count). The molecule has 1 aliphatic heterocycles. The van der Waals surface area contributed by atoms with Crippen molar-refractivity contribution in [2.75, 3.05) is 26.2 Å². The molecule has 3 heterocycles. The van der Waals surface area contributed by atoms with E-state index < -0.39 is 0 Å². The normalized spacial score (nSPS) is 15.8. The molecule has 31 heavy (non-hydrogen) atoms. The molecule has 1 saturated heterocycles. The van der Waals surface area contributed by atoms with Crippen LogP contribution in [0.2, 0.25) is 0 Å². The number of aromatic nitrogens is 3. The highest BCUT2D eigenvalue weighted by Gasteiger charge is 2.22. The molecule has 3 aromatic rings. The van der Waals surface area contributed by atoms with E-state index in [0.29, 0.717) is 6.54 Å². The molecule has 1 amide bonds. The molecule has 0 atom stereocenters. The monoisotopic (exact) mass is 437 g/mol. The van der Waals surface area contributed by atoms with Crippen molar-refractivity contribution in [1.82, 2.24) is 24.6 Å². The van der Waals surface area contributed by atoms with E-state index in [1.807, 2.05) is 46.1 Å². The largest absolute Gasteiger partial charge is 0.337 e. The van der Waals surface area contributed by atoms with Crippen molar-refractivity contribution >= 4 is 17.2 Å². The summed E-state index contributed by atoms with van der Waals surface area (Å²) >= 11 is 1.75. The zero-order valence-electron chi connectivity index (χ0n) is 18.6. The third-order valence-corrected chi connectivity index (χ3v) is 6.88. The van der Waals surface area contributed by atoms with E-state index in [1.165, 1.54) is 5.01 Å². The number of carbonyl (C=O) groups is 1. The summed E-state index contributed by atoms with van der Waals surface area (Å²) in [6, 6.07) is 9.83. The molecule has 1 aliphatic rings. The van der Waals surface area contributed by atoms with E-state index in [1.54, 1.807) is 17.5 Å². The van der Waals surface area contributed by atoms with Crippen LogP contribution in [0.4, 0.5) is 0 Å². The summed E-state index contributed by atoms with van der Waals surface area (Å²) in [7, 11) is 0. The van der Waals surface area contributed by atoms with Gasteiger partial charge in [0.15, 0.2) is 0 Å². The van der Waals surface area contributed by atoms with Gasteiger partial charge in [-0.3, -0.25) is 14.4 Å². The van der Waals surface area contributed by atoms with Crippen LogP contribution in [-0.4, -0.2) is 56.7 Å². The van der Waals surface area contributed by atoms with Gasteiger partial charge in [0, 0.05) is 61.5 Å². The molecule has 0 spiro atoms. The fourth-order valence-corrected chi connectivity index (χ4v) is 4.70. The van der Waals surface area contributed by atoms with Crippen LogP contribution >= 0.6 is 11.3 Å². The fraction of sp³-hybridized carbons (Fsp3) is 0.458. The van der Waals surface area contributed by atoms with E-state index in [2.05, 4.69) is 36.1 Å². The Morgan fingerprint density at radius 2 is 1.87 bits per heavy atom. The van der Waals surface area contributed by atoms with Gasteiger partial charge >= 0.3 is 0 Å². The second-order valence-electron chi connectivity index (χ2n) is 9.22. The summed E-state index contributed by atoms with van der Waals surface area (Å²) in [5, 5.41) is 7.60. The number of carbonyl (C=O) groups excluding carboxylic acids is 1. The average Bonchev–Trinajstić information content (AvgIpc) is 3.37. The van der Waals surface area contributed by atoms with Crippen LogP contribution in [0.1, 0.15) is 53.8 Å². The number of nitrogens with zero attached hydrogens (tertiary/aromatic N) is 5. The quantitative estimate of drug-likeness (QED) is 0.605. The van der Waals surface area contributed by atoms with Crippen LogP contribution in [0.3, 0.4) is 0 Å². The first-order valence-corrected chi connectivity index (χ1v) is 11.8. The Morgan fingerprint density at radius 3 is 2.55 bits per heavy atom. The Labute approximate surface area is 188 Å². The molecule has 164 valence electrons. The molecular formula is C24H31N5OS. The van der Waals surface area contributed by atoms with Crippen LogP contribution in [0.25, 0.3) is 0 Å². The lowest BCUT2D eigenvalue weighted by Crippen LogP contribution is -2.35.